The van der Waals surface area contributed by atoms with E-state index in [1.165, 1.54) is 25.7 Å². The zero-order valence-corrected chi connectivity index (χ0v) is 15.1. The van der Waals surface area contributed by atoms with E-state index in [9.17, 15) is 0 Å². The summed E-state index contributed by atoms with van der Waals surface area (Å²) >= 11 is 15.3. The lowest BCUT2D eigenvalue weighted by molar-refractivity contribution is 0.00983. The quantitative estimate of drug-likeness (QED) is 0.333. The number of alkyl halides is 4. The molecule has 0 N–H and O–H groups in total. The zero-order valence-electron chi connectivity index (χ0n) is 8.80. The van der Waals surface area contributed by atoms with Gasteiger partial charge >= 0.3 is 0 Å². The van der Waals surface area contributed by atoms with Crippen LogP contribution in [0.15, 0.2) is 12.2 Å². The molecule has 0 aromatic carbocycles. The third kappa shape index (κ3) is 1.61. The van der Waals surface area contributed by atoms with Gasteiger partial charge in [-0.3, -0.25) is 0 Å². The Morgan fingerprint density at radius 2 is 0.875 bits per heavy atom. The molecule has 2 unspecified atom stereocenters. The summed E-state index contributed by atoms with van der Waals surface area (Å²) in [5, 5.41) is 0. The van der Waals surface area contributed by atoms with E-state index >= 15 is 0 Å². The predicted molar refractivity (Wildman–Crippen MR) is 83.3 cm³/mol. The third-order valence-corrected chi connectivity index (χ3v) is 10.0. The summed E-state index contributed by atoms with van der Waals surface area (Å²) in [5.41, 5.74) is 0.924. The molecule has 0 aliphatic heterocycles. The highest BCUT2D eigenvalue weighted by molar-refractivity contribution is 9.12. The summed E-state index contributed by atoms with van der Waals surface area (Å²) in [4.78, 5) is 2.49. The molecule has 0 nitrogen and oxygen atoms in total. The topological polar surface area (TPSA) is 0 Å². The van der Waals surface area contributed by atoms with E-state index in [-0.39, 0.29) is 0 Å². The molecule has 2 saturated carbocycles. The van der Waals surface area contributed by atoms with Gasteiger partial charge in [-0.05, 0) is 36.5 Å². The van der Waals surface area contributed by atoms with Gasteiger partial charge < -0.3 is 0 Å². The maximum atomic E-state index is 3.84. The Bertz CT molecular complexity index is 286. The average molecular weight is 478 g/mol. The fourth-order valence-electron chi connectivity index (χ4n) is 3.71. The predicted octanol–water partition coefficient (Wildman–Crippen LogP) is 5.17. The first kappa shape index (κ1) is 12.7. The number of hydrogen-bond donors (Lipinski definition) is 0. The lowest BCUT2D eigenvalue weighted by Crippen LogP contribution is -2.59. The van der Waals surface area contributed by atoms with Gasteiger partial charge in [-0.25, -0.2) is 0 Å². The van der Waals surface area contributed by atoms with Crippen LogP contribution in [0.25, 0.3) is 0 Å². The van der Waals surface area contributed by atoms with Gasteiger partial charge in [0.2, 0.25) is 0 Å². The van der Waals surface area contributed by atoms with Crippen LogP contribution in [-0.2, 0) is 0 Å². The summed E-state index contributed by atoms with van der Waals surface area (Å²) in [6, 6.07) is 0. The summed E-state index contributed by atoms with van der Waals surface area (Å²) in [6.45, 7) is 0. The SMILES string of the molecule is Br[C@@H]1CC23C=CC2(C[C@@H]1Br)C[C@H](Br)[C@@H](Br)C3. The molecule has 0 amide bonds. The Morgan fingerprint density at radius 1 is 0.625 bits per heavy atom. The Hall–Kier alpha value is 1.66. The molecule has 3 aliphatic carbocycles. The van der Waals surface area contributed by atoms with E-state index < -0.39 is 0 Å². The van der Waals surface area contributed by atoms with E-state index in [1.54, 1.807) is 0 Å². The van der Waals surface area contributed by atoms with Crippen LogP contribution < -0.4 is 0 Å². The fraction of sp³-hybridized carbons (Fsp3) is 0.833. The van der Waals surface area contributed by atoms with Crippen LogP contribution in [0.2, 0.25) is 0 Å². The molecular formula is C12H14Br4. The average Bonchev–Trinajstić information content (AvgIpc) is 2.21. The zero-order chi connectivity index (χ0) is 11.6. The molecule has 0 aromatic heterocycles. The molecular weight excluding hydrogens is 464 g/mol. The van der Waals surface area contributed by atoms with Crippen LogP contribution >= 0.6 is 63.7 Å². The van der Waals surface area contributed by atoms with E-state index in [2.05, 4.69) is 75.9 Å². The molecule has 4 heteroatoms. The molecule has 3 aliphatic rings. The maximum absolute atomic E-state index is 3.84. The van der Waals surface area contributed by atoms with Crippen molar-refractivity contribution in [3.63, 3.8) is 0 Å². The minimum atomic E-state index is 0.462. The van der Waals surface area contributed by atoms with Gasteiger partial charge in [-0.1, -0.05) is 75.9 Å². The summed E-state index contributed by atoms with van der Waals surface area (Å²) in [6.07, 6.45) is 10.1. The second-order valence-electron chi connectivity index (χ2n) is 5.53. The second-order valence-corrected chi connectivity index (χ2v) is 10.2. The number of allylic oxidation sites excluding steroid dienone is 2. The summed E-state index contributed by atoms with van der Waals surface area (Å²) < 4.78 is 0. The lowest BCUT2D eigenvalue weighted by Gasteiger charge is -2.64. The van der Waals surface area contributed by atoms with Crippen molar-refractivity contribution in [2.45, 2.75) is 45.0 Å². The normalized spacial score (nSPS) is 59.8. The lowest BCUT2D eigenvalue weighted by atomic mass is 9.44. The number of hydrogen-bond acceptors (Lipinski definition) is 0. The summed E-state index contributed by atoms with van der Waals surface area (Å²) in [7, 11) is 0. The fourth-order valence-corrected chi connectivity index (χ4v) is 6.77. The van der Waals surface area contributed by atoms with Gasteiger partial charge in [0.25, 0.3) is 0 Å². The molecule has 0 aromatic rings. The molecule has 6 atom stereocenters. The van der Waals surface area contributed by atoms with E-state index in [4.69, 9.17) is 0 Å². The van der Waals surface area contributed by atoms with Crippen LogP contribution in [0, 0.1) is 10.8 Å². The standard InChI is InChI=1S/C12H14Br4/c13-7-3-11-1-2-12(11,5-9(7)15)6-10(16)8(14)4-11/h1-2,7-10H,3-6H2/t7-,8-,9-,10+,11?,12?/m0/s1. The van der Waals surface area contributed by atoms with Crippen LogP contribution in [-0.4, -0.2) is 19.3 Å². The van der Waals surface area contributed by atoms with Gasteiger partial charge in [0.15, 0.2) is 0 Å². The van der Waals surface area contributed by atoms with Gasteiger partial charge in [0, 0.05) is 19.3 Å². The van der Waals surface area contributed by atoms with Crippen molar-refractivity contribution < 1.29 is 0 Å². The van der Waals surface area contributed by atoms with Gasteiger partial charge in [-0.15, -0.1) is 0 Å². The van der Waals surface area contributed by atoms with E-state index in [0.717, 1.165) is 0 Å². The van der Waals surface area contributed by atoms with Gasteiger partial charge in [0.05, 0.1) is 0 Å². The highest BCUT2D eigenvalue weighted by atomic mass is 79.9. The Kier molecular flexibility index (Phi) is 3.23. The molecule has 0 saturated heterocycles. The molecule has 90 valence electrons. The van der Waals surface area contributed by atoms with Crippen molar-refractivity contribution >= 4 is 63.7 Å². The largest absolute Gasteiger partial charge is 0.0878 e. The van der Waals surface area contributed by atoms with Crippen molar-refractivity contribution in [2.75, 3.05) is 0 Å². The molecule has 2 fully saturated rings. The Labute approximate surface area is 131 Å². The molecule has 0 spiro atoms. The summed E-state index contributed by atoms with van der Waals surface area (Å²) in [5.74, 6) is 0. The third-order valence-electron chi connectivity index (χ3n) is 4.73. The van der Waals surface area contributed by atoms with E-state index in [1.807, 2.05) is 0 Å². The highest BCUT2D eigenvalue weighted by Crippen LogP contribution is 2.68. The first-order chi connectivity index (χ1) is 7.48. The van der Waals surface area contributed by atoms with Crippen molar-refractivity contribution in [1.29, 1.82) is 0 Å². The smallest absolute Gasteiger partial charge is 0.0280 e. The van der Waals surface area contributed by atoms with Crippen LogP contribution in [0.5, 0.6) is 0 Å². The molecule has 0 radical (unpaired) electrons. The van der Waals surface area contributed by atoms with Crippen LogP contribution in [0.4, 0.5) is 0 Å². The Balaban J connectivity index is 1.94. The van der Waals surface area contributed by atoms with Crippen molar-refractivity contribution in [2.24, 2.45) is 10.8 Å². The molecule has 0 bridgehead atoms. The maximum Gasteiger partial charge on any atom is 0.0280 e. The second kappa shape index (κ2) is 4.08. The van der Waals surface area contributed by atoms with Gasteiger partial charge in [0.1, 0.15) is 0 Å². The first-order valence-corrected chi connectivity index (χ1v) is 9.41. The minimum absolute atomic E-state index is 0.462. The number of halogens is 4. The van der Waals surface area contributed by atoms with E-state index in [0.29, 0.717) is 30.1 Å². The van der Waals surface area contributed by atoms with Crippen LogP contribution in [0.3, 0.4) is 0 Å². The monoisotopic (exact) mass is 474 g/mol. The molecule has 3 rings (SSSR count). The molecule has 16 heavy (non-hydrogen) atoms. The highest BCUT2D eigenvalue weighted by Gasteiger charge is 2.62. The number of rotatable bonds is 0. The van der Waals surface area contributed by atoms with Crippen molar-refractivity contribution in [1.82, 2.24) is 0 Å². The molecule has 0 heterocycles. The van der Waals surface area contributed by atoms with Crippen molar-refractivity contribution in [3.05, 3.63) is 12.2 Å². The first-order valence-electron chi connectivity index (χ1n) is 5.75. The van der Waals surface area contributed by atoms with Gasteiger partial charge in [-0.2, -0.15) is 0 Å². The van der Waals surface area contributed by atoms with Crippen LogP contribution in [0.1, 0.15) is 25.7 Å². The Morgan fingerprint density at radius 3 is 1.06 bits per heavy atom. The minimum Gasteiger partial charge on any atom is -0.0878 e. The van der Waals surface area contributed by atoms with Crippen molar-refractivity contribution in [3.8, 4) is 0 Å².